The molecular formula is C7H6Cl3N. The van der Waals surface area contributed by atoms with E-state index in [9.17, 15) is 0 Å². The van der Waals surface area contributed by atoms with Crippen LogP contribution >= 0.6 is 23.2 Å². The number of aromatic nitrogens is 1. The van der Waals surface area contributed by atoms with Gasteiger partial charge in [0.2, 0.25) is 6.20 Å². The van der Waals surface area contributed by atoms with Crippen LogP contribution in [0.25, 0.3) is 6.20 Å². The molecule has 0 aliphatic heterocycles. The fourth-order valence-electron chi connectivity index (χ4n) is 0.611. The zero-order chi connectivity index (χ0) is 7.40. The van der Waals surface area contributed by atoms with E-state index in [1.54, 1.807) is 10.8 Å². The third-order valence-corrected chi connectivity index (χ3v) is 1.18. The average Bonchev–Trinajstić information content (AvgIpc) is 1.88. The van der Waals surface area contributed by atoms with Gasteiger partial charge in [0.15, 0.2) is 16.9 Å². The summed E-state index contributed by atoms with van der Waals surface area (Å²) in [4.78, 5) is 0. The Balaban J connectivity index is 0.000001000. The standard InChI is InChI=1S/C7H6Cl2N.ClH/c8-7(9)6-10-4-2-1-3-5-10;/h1-6H;1H/q+1;/p-1. The number of nitrogens with zero attached hydrogens (tertiary/aromatic N) is 1. The Bertz CT molecular complexity index is 229. The Labute approximate surface area is 81.7 Å². The molecule has 0 aliphatic carbocycles. The second kappa shape index (κ2) is 5.42. The summed E-state index contributed by atoms with van der Waals surface area (Å²) in [6.07, 6.45) is 5.32. The normalized spacial score (nSPS) is 8.18. The van der Waals surface area contributed by atoms with Crippen molar-refractivity contribution in [1.29, 1.82) is 0 Å². The molecule has 0 bridgehead atoms. The van der Waals surface area contributed by atoms with Gasteiger partial charge >= 0.3 is 0 Å². The minimum atomic E-state index is 0. The molecule has 0 unspecified atom stereocenters. The van der Waals surface area contributed by atoms with Crippen molar-refractivity contribution in [2.24, 2.45) is 0 Å². The van der Waals surface area contributed by atoms with Crippen LogP contribution in [0.1, 0.15) is 0 Å². The van der Waals surface area contributed by atoms with Crippen LogP contribution in [0.5, 0.6) is 0 Å². The molecule has 0 atom stereocenters. The molecule has 60 valence electrons. The van der Waals surface area contributed by atoms with E-state index in [0.29, 0.717) is 0 Å². The summed E-state index contributed by atoms with van der Waals surface area (Å²) in [5.41, 5.74) is 0. The number of hydrogen-bond acceptors (Lipinski definition) is 0. The van der Waals surface area contributed by atoms with Gasteiger partial charge in [0.05, 0.1) is 0 Å². The molecule has 0 N–H and O–H groups in total. The third-order valence-electron chi connectivity index (χ3n) is 0.985. The first-order valence-electron chi connectivity index (χ1n) is 2.77. The molecular weight excluding hydrogens is 204 g/mol. The molecule has 1 heterocycles. The lowest BCUT2D eigenvalue weighted by molar-refractivity contribution is -0.568. The van der Waals surface area contributed by atoms with Gasteiger partial charge in [-0.15, -0.1) is 0 Å². The molecule has 1 aromatic rings. The van der Waals surface area contributed by atoms with Gasteiger partial charge in [0.1, 0.15) is 0 Å². The van der Waals surface area contributed by atoms with Crippen molar-refractivity contribution in [3.63, 3.8) is 0 Å². The Morgan fingerprint density at radius 3 is 2.09 bits per heavy atom. The predicted octanol–water partition coefficient (Wildman–Crippen LogP) is -0.788. The van der Waals surface area contributed by atoms with Crippen molar-refractivity contribution >= 4 is 29.4 Å². The Morgan fingerprint density at radius 2 is 1.64 bits per heavy atom. The highest BCUT2D eigenvalue weighted by Crippen LogP contribution is 2.03. The summed E-state index contributed by atoms with van der Waals surface area (Å²) in [5, 5.41) is 0. The largest absolute Gasteiger partial charge is 1.00 e. The number of hydrogen-bond donors (Lipinski definition) is 0. The highest BCUT2D eigenvalue weighted by atomic mass is 35.5. The van der Waals surface area contributed by atoms with E-state index in [-0.39, 0.29) is 16.9 Å². The van der Waals surface area contributed by atoms with Crippen LogP contribution in [0, 0.1) is 0 Å². The first kappa shape index (κ1) is 10.8. The molecule has 1 nitrogen and oxygen atoms in total. The second-order valence-corrected chi connectivity index (χ2v) is 2.75. The summed E-state index contributed by atoms with van der Waals surface area (Å²) in [6.45, 7) is 0. The minimum absolute atomic E-state index is 0. The van der Waals surface area contributed by atoms with E-state index < -0.39 is 0 Å². The molecule has 0 saturated carbocycles. The maximum atomic E-state index is 5.42. The van der Waals surface area contributed by atoms with Crippen LogP contribution in [0.15, 0.2) is 35.1 Å². The third kappa shape index (κ3) is 4.25. The molecule has 0 fully saturated rings. The average molecular weight is 210 g/mol. The maximum absolute atomic E-state index is 5.42. The van der Waals surface area contributed by atoms with Crippen molar-refractivity contribution in [1.82, 2.24) is 0 Å². The van der Waals surface area contributed by atoms with E-state index in [1.165, 1.54) is 0 Å². The van der Waals surface area contributed by atoms with Crippen LogP contribution in [0.4, 0.5) is 0 Å². The molecule has 0 radical (unpaired) electrons. The monoisotopic (exact) mass is 209 g/mol. The zero-order valence-electron chi connectivity index (χ0n) is 5.55. The van der Waals surface area contributed by atoms with Gasteiger partial charge in [-0.1, -0.05) is 29.3 Å². The molecule has 0 aliphatic rings. The molecule has 4 heteroatoms. The van der Waals surface area contributed by atoms with Crippen molar-refractivity contribution < 1.29 is 17.0 Å². The first-order valence-corrected chi connectivity index (χ1v) is 3.53. The van der Waals surface area contributed by atoms with Crippen molar-refractivity contribution in [2.45, 2.75) is 0 Å². The summed E-state index contributed by atoms with van der Waals surface area (Å²) >= 11 is 10.8. The van der Waals surface area contributed by atoms with Crippen molar-refractivity contribution in [2.75, 3.05) is 0 Å². The minimum Gasteiger partial charge on any atom is -1.00 e. The quantitative estimate of drug-likeness (QED) is 0.535. The van der Waals surface area contributed by atoms with E-state index in [2.05, 4.69) is 0 Å². The Morgan fingerprint density at radius 1 is 1.09 bits per heavy atom. The van der Waals surface area contributed by atoms with Crippen molar-refractivity contribution in [3.05, 3.63) is 35.1 Å². The molecule has 0 saturated heterocycles. The summed E-state index contributed by atoms with van der Waals surface area (Å²) in [7, 11) is 0. The summed E-state index contributed by atoms with van der Waals surface area (Å²) < 4.78 is 2.02. The van der Waals surface area contributed by atoms with Crippen LogP contribution in [0.3, 0.4) is 0 Å². The predicted molar refractivity (Wildman–Crippen MR) is 42.6 cm³/mol. The van der Waals surface area contributed by atoms with E-state index in [0.717, 1.165) is 0 Å². The first-order chi connectivity index (χ1) is 4.79. The van der Waals surface area contributed by atoms with E-state index in [1.807, 2.05) is 30.6 Å². The smallest absolute Gasteiger partial charge is 0.204 e. The second-order valence-electron chi connectivity index (χ2n) is 1.74. The van der Waals surface area contributed by atoms with Gasteiger partial charge in [-0.2, -0.15) is 4.57 Å². The zero-order valence-corrected chi connectivity index (χ0v) is 7.81. The van der Waals surface area contributed by atoms with Gasteiger partial charge < -0.3 is 12.4 Å². The van der Waals surface area contributed by atoms with Crippen LogP contribution in [-0.2, 0) is 0 Å². The van der Waals surface area contributed by atoms with Crippen LogP contribution in [-0.4, -0.2) is 0 Å². The number of pyridine rings is 1. The van der Waals surface area contributed by atoms with Crippen LogP contribution in [0.2, 0.25) is 0 Å². The highest BCUT2D eigenvalue weighted by Gasteiger charge is 1.92. The summed E-state index contributed by atoms with van der Waals surface area (Å²) in [5.74, 6) is 0. The van der Waals surface area contributed by atoms with E-state index >= 15 is 0 Å². The fraction of sp³-hybridized carbons (Fsp3) is 0. The molecule has 1 rings (SSSR count). The van der Waals surface area contributed by atoms with Crippen molar-refractivity contribution in [3.8, 4) is 0 Å². The van der Waals surface area contributed by atoms with Gasteiger partial charge in [-0.3, -0.25) is 0 Å². The van der Waals surface area contributed by atoms with E-state index in [4.69, 9.17) is 23.2 Å². The number of rotatable bonds is 1. The van der Waals surface area contributed by atoms with Gasteiger partial charge in [-0.25, -0.2) is 0 Å². The topological polar surface area (TPSA) is 3.88 Å². The lowest BCUT2D eigenvalue weighted by Crippen LogP contribution is -3.00. The fourth-order valence-corrected chi connectivity index (χ4v) is 0.836. The van der Waals surface area contributed by atoms with Gasteiger partial charge in [-0.05, 0) is 0 Å². The Kier molecular flexibility index (Phi) is 5.30. The number of halogens is 3. The molecule has 0 amide bonds. The Hall–Kier alpha value is -0.240. The molecule has 0 aromatic carbocycles. The summed E-state index contributed by atoms with van der Waals surface area (Å²) in [6, 6.07) is 5.72. The van der Waals surface area contributed by atoms with Gasteiger partial charge in [0, 0.05) is 12.1 Å². The SMILES string of the molecule is ClC(Cl)=C[n+]1ccccc1.[Cl-]. The molecule has 0 spiro atoms. The van der Waals surface area contributed by atoms with Crippen LogP contribution < -0.4 is 17.0 Å². The van der Waals surface area contributed by atoms with Gasteiger partial charge in [0.25, 0.3) is 0 Å². The lowest BCUT2D eigenvalue weighted by atomic mass is 10.5. The lowest BCUT2D eigenvalue weighted by Gasteiger charge is -1.82. The molecule has 1 aromatic heterocycles. The molecule has 11 heavy (non-hydrogen) atoms. The maximum Gasteiger partial charge on any atom is 0.204 e. The highest BCUT2D eigenvalue weighted by molar-refractivity contribution is 6.57.